The summed E-state index contributed by atoms with van der Waals surface area (Å²) < 4.78 is 28.4. The van der Waals surface area contributed by atoms with Crippen LogP contribution in [-0.2, 0) is 15.6 Å². The fraction of sp³-hybridized carbons (Fsp3) is 0.526. The van der Waals surface area contributed by atoms with Gasteiger partial charge < -0.3 is 4.98 Å². The highest BCUT2D eigenvalue weighted by atomic mass is 32.2. The molecule has 134 valence electrons. The number of H-pyrrole nitrogens is 1. The quantitative estimate of drug-likeness (QED) is 0.906. The van der Waals surface area contributed by atoms with Gasteiger partial charge in [0.15, 0.2) is 5.03 Å². The van der Waals surface area contributed by atoms with Crippen molar-refractivity contribution in [2.75, 3.05) is 6.54 Å². The van der Waals surface area contributed by atoms with Gasteiger partial charge in [-0.25, -0.2) is 13.4 Å². The number of hydrogen-bond acceptors (Lipinski definition) is 3. The van der Waals surface area contributed by atoms with Crippen LogP contribution in [0, 0.1) is 5.92 Å². The van der Waals surface area contributed by atoms with Gasteiger partial charge >= 0.3 is 0 Å². The number of aromatic nitrogens is 2. The first-order chi connectivity index (χ1) is 12.0. The Morgan fingerprint density at radius 2 is 2.00 bits per heavy atom. The zero-order chi connectivity index (χ0) is 17.7. The van der Waals surface area contributed by atoms with Crippen molar-refractivity contribution < 1.29 is 8.42 Å². The Hall–Kier alpha value is -1.66. The number of imidazole rings is 1. The molecule has 5 nitrogen and oxygen atoms in total. The Bertz CT molecular complexity index is 860. The molecule has 1 aliphatic heterocycles. The van der Waals surface area contributed by atoms with Crippen LogP contribution in [0.5, 0.6) is 0 Å². The van der Waals surface area contributed by atoms with Crippen LogP contribution in [0.4, 0.5) is 0 Å². The Labute approximate surface area is 149 Å². The Kier molecular flexibility index (Phi) is 4.00. The van der Waals surface area contributed by atoms with Gasteiger partial charge in [-0.05, 0) is 24.3 Å². The van der Waals surface area contributed by atoms with Crippen molar-refractivity contribution in [1.29, 1.82) is 0 Å². The van der Waals surface area contributed by atoms with E-state index in [-0.39, 0.29) is 16.5 Å². The Balaban J connectivity index is 1.76. The van der Waals surface area contributed by atoms with E-state index in [1.54, 1.807) is 4.31 Å². The molecular formula is C19H25N3O2S. The minimum atomic E-state index is -3.58. The van der Waals surface area contributed by atoms with E-state index < -0.39 is 10.0 Å². The van der Waals surface area contributed by atoms with Crippen molar-refractivity contribution >= 4 is 10.0 Å². The van der Waals surface area contributed by atoms with Crippen LogP contribution in [0.2, 0.25) is 0 Å². The van der Waals surface area contributed by atoms with Crippen molar-refractivity contribution in [1.82, 2.24) is 14.3 Å². The first kappa shape index (κ1) is 16.8. The maximum Gasteiger partial charge on any atom is 0.260 e. The molecular weight excluding hydrogens is 334 g/mol. The molecule has 4 rings (SSSR count). The number of nitrogens with zero attached hydrogens (tertiary/aromatic N) is 2. The van der Waals surface area contributed by atoms with E-state index in [1.807, 2.05) is 32.0 Å². The molecule has 0 spiro atoms. The largest absolute Gasteiger partial charge is 0.332 e. The molecule has 1 N–H and O–H groups in total. The fourth-order valence-corrected chi connectivity index (χ4v) is 6.28. The molecule has 2 fully saturated rings. The van der Waals surface area contributed by atoms with Crippen LogP contribution in [0.15, 0.2) is 41.6 Å². The summed E-state index contributed by atoms with van der Waals surface area (Å²) in [5.74, 6) is 1.30. The molecule has 2 unspecified atom stereocenters. The second kappa shape index (κ2) is 5.95. The van der Waals surface area contributed by atoms with Gasteiger partial charge in [-0.1, -0.05) is 57.0 Å². The summed E-state index contributed by atoms with van der Waals surface area (Å²) in [4.78, 5) is 7.29. The molecule has 2 aromatic rings. The maximum absolute atomic E-state index is 13.3. The van der Waals surface area contributed by atoms with E-state index in [0.717, 1.165) is 24.8 Å². The molecule has 1 aromatic carbocycles. The monoisotopic (exact) mass is 359 g/mol. The SMILES string of the molecule is CC(C)c1ncc(S(=O)(=O)N2CC3CCCCC32c2ccccc2)[nH]1. The van der Waals surface area contributed by atoms with Crippen LogP contribution < -0.4 is 0 Å². The molecule has 1 saturated heterocycles. The van der Waals surface area contributed by atoms with Crippen molar-refractivity contribution in [2.24, 2.45) is 5.92 Å². The normalized spacial score (nSPS) is 27.1. The molecule has 6 heteroatoms. The predicted octanol–water partition coefficient (Wildman–Crippen LogP) is 3.62. The summed E-state index contributed by atoms with van der Waals surface area (Å²) in [6, 6.07) is 10.1. The fourth-order valence-electron chi connectivity index (χ4n) is 4.47. The number of sulfonamides is 1. The molecule has 1 saturated carbocycles. The molecule has 0 radical (unpaired) electrons. The van der Waals surface area contributed by atoms with Gasteiger partial charge in [0.25, 0.3) is 10.0 Å². The predicted molar refractivity (Wildman–Crippen MR) is 96.6 cm³/mol. The highest BCUT2D eigenvalue weighted by Gasteiger charge is 2.60. The molecule has 25 heavy (non-hydrogen) atoms. The molecule has 0 bridgehead atoms. The summed E-state index contributed by atoms with van der Waals surface area (Å²) in [5.41, 5.74) is 0.736. The molecule has 2 aliphatic rings. The molecule has 1 aliphatic carbocycles. The second-order valence-electron chi connectivity index (χ2n) is 7.56. The minimum Gasteiger partial charge on any atom is -0.332 e. The van der Waals surface area contributed by atoms with Gasteiger partial charge in [-0.15, -0.1) is 0 Å². The average Bonchev–Trinajstić information content (AvgIpc) is 3.08. The van der Waals surface area contributed by atoms with E-state index >= 15 is 0 Å². The van der Waals surface area contributed by atoms with E-state index in [0.29, 0.717) is 18.3 Å². The lowest BCUT2D eigenvalue weighted by atomic mass is 9.63. The minimum absolute atomic E-state index is 0.172. The van der Waals surface area contributed by atoms with Crippen molar-refractivity contribution in [3.8, 4) is 0 Å². The number of fused-ring (bicyclic) bond motifs is 1. The molecule has 0 amide bonds. The van der Waals surface area contributed by atoms with Gasteiger partial charge in [0.2, 0.25) is 0 Å². The third-order valence-electron chi connectivity index (χ3n) is 5.83. The van der Waals surface area contributed by atoms with Gasteiger partial charge in [-0.3, -0.25) is 0 Å². The second-order valence-corrected chi connectivity index (χ2v) is 9.39. The first-order valence-corrected chi connectivity index (χ1v) is 10.5. The number of nitrogens with one attached hydrogen (secondary N) is 1. The molecule has 1 aromatic heterocycles. The summed E-state index contributed by atoms with van der Waals surface area (Å²) >= 11 is 0. The van der Waals surface area contributed by atoms with Crippen molar-refractivity contribution in [3.05, 3.63) is 47.9 Å². The maximum atomic E-state index is 13.3. The summed E-state index contributed by atoms with van der Waals surface area (Å²) in [6.07, 6.45) is 5.72. The van der Waals surface area contributed by atoms with E-state index in [4.69, 9.17) is 0 Å². The Morgan fingerprint density at radius 3 is 2.64 bits per heavy atom. The van der Waals surface area contributed by atoms with Crippen LogP contribution in [0.1, 0.15) is 56.8 Å². The van der Waals surface area contributed by atoms with Crippen LogP contribution in [-0.4, -0.2) is 29.2 Å². The van der Waals surface area contributed by atoms with Crippen LogP contribution in [0.3, 0.4) is 0 Å². The number of aromatic amines is 1. The zero-order valence-corrected chi connectivity index (χ0v) is 15.6. The highest BCUT2D eigenvalue weighted by molar-refractivity contribution is 7.89. The lowest BCUT2D eigenvalue weighted by Crippen LogP contribution is -2.67. The number of benzene rings is 1. The van der Waals surface area contributed by atoms with E-state index in [1.165, 1.54) is 12.6 Å². The van der Waals surface area contributed by atoms with Gasteiger partial charge in [0.1, 0.15) is 5.82 Å². The van der Waals surface area contributed by atoms with E-state index in [9.17, 15) is 8.42 Å². The average molecular weight is 359 g/mol. The summed E-state index contributed by atoms with van der Waals surface area (Å²) in [7, 11) is -3.58. The van der Waals surface area contributed by atoms with Gasteiger partial charge in [0, 0.05) is 12.5 Å². The topological polar surface area (TPSA) is 66.1 Å². The third-order valence-corrected chi connectivity index (χ3v) is 7.65. The highest BCUT2D eigenvalue weighted by Crippen LogP contribution is 2.55. The zero-order valence-electron chi connectivity index (χ0n) is 14.8. The summed E-state index contributed by atoms with van der Waals surface area (Å²) in [6.45, 7) is 4.61. The first-order valence-electron chi connectivity index (χ1n) is 9.09. The molecule has 2 atom stereocenters. The number of rotatable bonds is 4. The van der Waals surface area contributed by atoms with Gasteiger partial charge in [0.05, 0.1) is 11.7 Å². The van der Waals surface area contributed by atoms with Gasteiger partial charge in [-0.2, -0.15) is 4.31 Å². The summed E-state index contributed by atoms with van der Waals surface area (Å²) in [5, 5.41) is 0.218. The number of hydrogen-bond donors (Lipinski definition) is 1. The molecule has 2 heterocycles. The van der Waals surface area contributed by atoms with Crippen molar-refractivity contribution in [2.45, 2.75) is 56.0 Å². The standard InChI is InChI=1S/C19H25N3O2S/c1-14(2)18-20-12-17(21-18)25(23,24)22-13-16-10-6-7-11-19(16,22)15-8-4-3-5-9-15/h3-5,8-9,12,14,16H,6-7,10-11,13H2,1-2H3,(H,20,21). The lowest BCUT2D eigenvalue weighted by Gasteiger charge is -2.60. The third kappa shape index (κ3) is 2.46. The smallest absolute Gasteiger partial charge is 0.260 e. The lowest BCUT2D eigenvalue weighted by molar-refractivity contribution is -0.0505. The van der Waals surface area contributed by atoms with Crippen LogP contribution in [0.25, 0.3) is 0 Å². The van der Waals surface area contributed by atoms with Crippen LogP contribution >= 0.6 is 0 Å². The Morgan fingerprint density at radius 1 is 1.24 bits per heavy atom. The van der Waals surface area contributed by atoms with Crippen molar-refractivity contribution in [3.63, 3.8) is 0 Å². The van der Waals surface area contributed by atoms with E-state index in [2.05, 4.69) is 22.1 Å².